The minimum absolute atomic E-state index is 0.0824. The van der Waals surface area contributed by atoms with Crippen molar-refractivity contribution < 1.29 is 9.59 Å². The zero-order valence-corrected chi connectivity index (χ0v) is 19.6. The number of carbonyl (C=O) groups is 2. The molecule has 2 aromatic rings. The van der Waals surface area contributed by atoms with Crippen LogP contribution in [0.2, 0.25) is 0 Å². The summed E-state index contributed by atoms with van der Waals surface area (Å²) in [5, 5.41) is 16.1. The smallest absolute Gasteiger partial charge is 0.321 e. The van der Waals surface area contributed by atoms with Crippen molar-refractivity contribution in [3.05, 3.63) is 65.7 Å². The Labute approximate surface area is 199 Å². The monoisotopic (exact) mass is 463 g/mol. The summed E-state index contributed by atoms with van der Waals surface area (Å²) in [6, 6.07) is 18.7. The number of hydrogen-bond donors (Lipinski definition) is 2. The van der Waals surface area contributed by atoms with E-state index in [9.17, 15) is 14.9 Å². The van der Waals surface area contributed by atoms with Crippen LogP contribution in [-0.2, 0) is 11.3 Å². The van der Waals surface area contributed by atoms with Crippen LogP contribution >= 0.6 is 11.8 Å². The molecule has 2 N–H and O–H groups in total. The molecule has 8 heteroatoms. The van der Waals surface area contributed by atoms with Crippen LogP contribution in [0.3, 0.4) is 0 Å². The average Bonchev–Trinajstić information content (AvgIpc) is 3.09. The quantitative estimate of drug-likeness (QED) is 0.683. The number of nitrogens with one attached hydrogen (secondary N) is 2. The molecule has 2 saturated heterocycles. The van der Waals surface area contributed by atoms with E-state index in [1.54, 1.807) is 22.7 Å². The average molecular weight is 464 g/mol. The summed E-state index contributed by atoms with van der Waals surface area (Å²) in [5.41, 5.74) is 1.70. The second kappa shape index (κ2) is 10.3. The molecule has 172 valence electrons. The van der Waals surface area contributed by atoms with E-state index in [2.05, 4.69) is 16.7 Å². The van der Waals surface area contributed by atoms with Gasteiger partial charge in [-0.25, -0.2) is 4.79 Å². The lowest BCUT2D eigenvalue weighted by atomic mass is 9.95. The first kappa shape index (κ1) is 23.1. The summed E-state index contributed by atoms with van der Waals surface area (Å²) in [6.07, 6.45) is 4.09. The molecule has 2 fully saturated rings. The lowest BCUT2D eigenvalue weighted by Crippen LogP contribution is -2.59. The van der Waals surface area contributed by atoms with Gasteiger partial charge in [-0.1, -0.05) is 36.4 Å². The van der Waals surface area contributed by atoms with Crippen molar-refractivity contribution >= 4 is 29.4 Å². The maximum atomic E-state index is 13.4. The van der Waals surface area contributed by atoms with Crippen molar-refractivity contribution in [1.29, 1.82) is 5.26 Å². The SMILES string of the molecule is CSCCC1NC2(CCN(C(=O)Nc3ccccc3)CC2)N(Cc2ccccc2C#N)C1=O. The Hall–Kier alpha value is -3.02. The summed E-state index contributed by atoms with van der Waals surface area (Å²) in [5.74, 6) is 0.979. The predicted octanol–water partition coefficient (Wildman–Crippen LogP) is 3.64. The number of nitriles is 1. The number of nitrogens with zero attached hydrogens (tertiary/aromatic N) is 3. The maximum Gasteiger partial charge on any atom is 0.321 e. The highest BCUT2D eigenvalue weighted by molar-refractivity contribution is 7.98. The van der Waals surface area contributed by atoms with Crippen LogP contribution in [0.15, 0.2) is 54.6 Å². The Morgan fingerprint density at radius 3 is 2.58 bits per heavy atom. The number of likely N-dealkylation sites (tertiary alicyclic amines) is 1. The van der Waals surface area contributed by atoms with Crippen molar-refractivity contribution in [3.8, 4) is 6.07 Å². The molecule has 7 nitrogen and oxygen atoms in total. The Bertz CT molecular complexity index is 1030. The van der Waals surface area contributed by atoms with Gasteiger partial charge in [0.1, 0.15) is 0 Å². The molecule has 0 aromatic heterocycles. The summed E-state index contributed by atoms with van der Waals surface area (Å²) in [4.78, 5) is 29.9. The molecule has 0 aliphatic carbocycles. The lowest BCUT2D eigenvalue weighted by Gasteiger charge is -2.44. The third-order valence-corrected chi connectivity index (χ3v) is 7.15. The predicted molar refractivity (Wildman–Crippen MR) is 131 cm³/mol. The largest absolute Gasteiger partial charge is 0.324 e. The summed E-state index contributed by atoms with van der Waals surface area (Å²) in [6.45, 7) is 1.48. The van der Waals surface area contributed by atoms with Crippen molar-refractivity contribution in [2.24, 2.45) is 0 Å². The van der Waals surface area contributed by atoms with Gasteiger partial charge in [-0.05, 0) is 42.2 Å². The molecule has 1 unspecified atom stereocenters. The van der Waals surface area contributed by atoms with E-state index in [-0.39, 0.29) is 18.0 Å². The Kier molecular flexibility index (Phi) is 7.21. The van der Waals surface area contributed by atoms with Gasteiger partial charge in [-0.2, -0.15) is 17.0 Å². The number of anilines is 1. The second-order valence-corrected chi connectivity index (χ2v) is 9.47. The number of amides is 3. The second-order valence-electron chi connectivity index (χ2n) is 8.49. The highest BCUT2D eigenvalue weighted by Gasteiger charge is 2.51. The number of benzene rings is 2. The standard InChI is InChI=1S/C25H29N5O2S/c1-33-16-11-22-23(31)30(18-20-8-6-5-7-19(20)17-26)25(28-22)12-14-29(15-13-25)24(32)27-21-9-3-2-4-10-21/h2-10,22,28H,11-16,18H2,1H3,(H,27,32). The molecular weight excluding hydrogens is 434 g/mol. The number of carbonyl (C=O) groups excluding carboxylic acids is 2. The highest BCUT2D eigenvalue weighted by Crippen LogP contribution is 2.35. The minimum atomic E-state index is -0.508. The van der Waals surface area contributed by atoms with Crippen molar-refractivity contribution in [3.63, 3.8) is 0 Å². The van der Waals surface area contributed by atoms with Gasteiger partial charge in [-0.15, -0.1) is 0 Å². The zero-order chi connectivity index (χ0) is 23.3. The van der Waals surface area contributed by atoms with Gasteiger partial charge in [0.15, 0.2) is 0 Å². The summed E-state index contributed by atoms with van der Waals surface area (Å²) < 4.78 is 0. The number of hydrogen-bond acceptors (Lipinski definition) is 5. The first-order valence-electron chi connectivity index (χ1n) is 11.2. The van der Waals surface area contributed by atoms with E-state index in [1.165, 1.54) is 0 Å². The lowest BCUT2D eigenvalue weighted by molar-refractivity contribution is -0.134. The van der Waals surface area contributed by atoms with Crippen LogP contribution < -0.4 is 10.6 Å². The Morgan fingerprint density at radius 2 is 1.88 bits per heavy atom. The van der Waals surface area contributed by atoms with Gasteiger partial charge in [0.2, 0.25) is 5.91 Å². The molecule has 2 aliphatic heterocycles. The molecule has 1 spiro atoms. The van der Waals surface area contributed by atoms with E-state index in [0.29, 0.717) is 38.0 Å². The minimum Gasteiger partial charge on any atom is -0.324 e. The van der Waals surface area contributed by atoms with Crippen LogP contribution in [0.1, 0.15) is 30.4 Å². The molecule has 1 atom stereocenters. The van der Waals surface area contributed by atoms with Gasteiger partial charge in [0, 0.05) is 38.2 Å². The fourth-order valence-electron chi connectivity index (χ4n) is 4.68. The van der Waals surface area contributed by atoms with Crippen molar-refractivity contribution in [2.45, 2.75) is 37.5 Å². The van der Waals surface area contributed by atoms with Crippen molar-refractivity contribution in [2.75, 3.05) is 30.4 Å². The third-order valence-electron chi connectivity index (χ3n) is 6.50. The molecule has 33 heavy (non-hydrogen) atoms. The molecule has 0 radical (unpaired) electrons. The van der Waals surface area contributed by atoms with Gasteiger partial charge >= 0.3 is 6.03 Å². The van der Waals surface area contributed by atoms with Crippen LogP contribution in [0.25, 0.3) is 0 Å². The topological polar surface area (TPSA) is 88.5 Å². The summed E-state index contributed by atoms with van der Waals surface area (Å²) in [7, 11) is 0. The number of rotatable bonds is 6. The molecule has 4 rings (SSSR count). The van der Waals surface area contributed by atoms with Gasteiger partial charge < -0.3 is 15.1 Å². The van der Waals surface area contributed by atoms with Crippen LogP contribution in [0.5, 0.6) is 0 Å². The molecule has 2 aliphatic rings. The fourth-order valence-corrected chi connectivity index (χ4v) is 5.15. The third kappa shape index (κ3) is 5.00. The Balaban J connectivity index is 1.50. The van der Waals surface area contributed by atoms with Gasteiger partial charge in [0.25, 0.3) is 0 Å². The van der Waals surface area contributed by atoms with Gasteiger partial charge in [-0.3, -0.25) is 10.1 Å². The van der Waals surface area contributed by atoms with E-state index in [0.717, 1.165) is 23.4 Å². The van der Waals surface area contributed by atoms with Crippen LogP contribution in [-0.4, -0.2) is 58.5 Å². The zero-order valence-electron chi connectivity index (χ0n) is 18.8. The highest BCUT2D eigenvalue weighted by atomic mass is 32.2. The van der Waals surface area contributed by atoms with E-state index in [4.69, 9.17) is 0 Å². The molecule has 0 bridgehead atoms. The van der Waals surface area contributed by atoms with Gasteiger partial charge in [0.05, 0.1) is 23.3 Å². The summed E-state index contributed by atoms with van der Waals surface area (Å²) >= 11 is 1.73. The molecule has 0 saturated carbocycles. The Morgan fingerprint density at radius 1 is 1.18 bits per heavy atom. The molecule has 2 heterocycles. The van der Waals surface area contributed by atoms with Crippen molar-refractivity contribution in [1.82, 2.24) is 15.1 Å². The molecule has 3 amide bonds. The first-order chi connectivity index (χ1) is 16.1. The van der Waals surface area contributed by atoms with E-state index in [1.807, 2.05) is 59.7 Å². The first-order valence-corrected chi connectivity index (χ1v) is 12.6. The van der Waals surface area contributed by atoms with E-state index < -0.39 is 5.66 Å². The molecular formula is C25H29N5O2S. The normalized spacial score (nSPS) is 19.5. The van der Waals surface area contributed by atoms with Crippen LogP contribution in [0.4, 0.5) is 10.5 Å². The molecule has 2 aromatic carbocycles. The van der Waals surface area contributed by atoms with E-state index >= 15 is 0 Å². The number of thioether (sulfide) groups is 1. The maximum absolute atomic E-state index is 13.4. The fraction of sp³-hybridized carbons (Fsp3) is 0.400. The van der Waals surface area contributed by atoms with Crippen LogP contribution in [0, 0.1) is 11.3 Å². The number of urea groups is 1. The number of para-hydroxylation sites is 1. The number of piperidine rings is 1.